The van der Waals surface area contributed by atoms with Gasteiger partial charge in [-0.1, -0.05) is 6.07 Å². The molecule has 0 saturated carbocycles. The minimum atomic E-state index is -4.54. The second-order valence-corrected chi connectivity index (χ2v) is 3.03. The van der Waals surface area contributed by atoms with Gasteiger partial charge >= 0.3 is 6.18 Å². The summed E-state index contributed by atoms with van der Waals surface area (Å²) in [6.45, 7) is 0. The van der Waals surface area contributed by atoms with E-state index in [9.17, 15) is 17.6 Å². The van der Waals surface area contributed by atoms with E-state index in [-0.39, 0.29) is 10.9 Å². The lowest BCUT2D eigenvalue weighted by Gasteiger charge is -2.07. The number of nitrogens with zero attached hydrogens (tertiary/aromatic N) is 1. The summed E-state index contributed by atoms with van der Waals surface area (Å²) in [5.74, 6) is -0.958. The molecule has 2 aromatic rings. The summed E-state index contributed by atoms with van der Waals surface area (Å²) >= 11 is 0. The highest BCUT2D eigenvalue weighted by Gasteiger charge is 2.31. The number of hydrogen-bond acceptors (Lipinski definition) is 1. The van der Waals surface area contributed by atoms with Gasteiger partial charge < -0.3 is 0 Å². The van der Waals surface area contributed by atoms with Gasteiger partial charge in [0.1, 0.15) is 11.3 Å². The average molecular weight is 215 g/mol. The van der Waals surface area contributed by atoms with Crippen molar-refractivity contribution in [1.82, 2.24) is 4.98 Å². The molecule has 0 aliphatic carbocycles. The van der Waals surface area contributed by atoms with Crippen LogP contribution in [0.5, 0.6) is 0 Å². The lowest BCUT2D eigenvalue weighted by atomic mass is 10.1. The third-order valence-corrected chi connectivity index (χ3v) is 1.99. The van der Waals surface area contributed by atoms with Crippen molar-refractivity contribution in [3.63, 3.8) is 0 Å². The number of pyridine rings is 1. The number of benzene rings is 1. The van der Waals surface area contributed by atoms with E-state index in [0.29, 0.717) is 6.07 Å². The molecule has 0 atom stereocenters. The van der Waals surface area contributed by atoms with Crippen LogP contribution in [0.2, 0.25) is 0 Å². The smallest absolute Gasteiger partial charge is 0.253 e. The first-order valence-electron chi connectivity index (χ1n) is 4.10. The SMILES string of the molecule is Fc1cc(C(F)(F)F)cc2cccnc12. The highest BCUT2D eigenvalue weighted by molar-refractivity contribution is 5.79. The number of alkyl halides is 3. The van der Waals surface area contributed by atoms with E-state index in [1.807, 2.05) is 0 Å². The van der Waals surface area contributed by atoms with Crippen molar-refractivity contribution in [3.8, 4) is 0 Å². The zero-order valence-electron chi connectivity index (χ0n) is 7.35. The first-order chi connectivity index (χ1) is 6.98. The molecule has 15 heavy (non-hydrogen) atoms. The monoisotopic (exact) mass is 215 g/mol. The van der Waals surface area contributed by atoms with E-state index in [1.165, 1.54) is 18.3 Å². The number of rotatable bonds is 0. The number of aromatic nitrogens is 1. The Labute approximate surface area is 82.4 Å². The second kappa shape index (κ2) is 3.18. The molecule has 0 aliphatic rings. The van der Waals surface area contributed by atoms with E-state index in [0.717, 1.165) is 6.07 Å². The molecule has 0 aliphatic heterocycles. The van der Waals surface area contributed by atoms with Gasteiger partial charge in [-0.15, -0.1) is 0 Å². The summed E-state index contributed by atoms with van der Waals surface area (Å²) in [5.41, 5.74) is -1.05. The minimum absolute atomic E-state index is 0.0505. The molecule has 0 amide bonds. The molecule has 1 aromatic carbocycles. The first-order valence-corrected chi connectivity index (χ1v) is 4.10. The molecule has 0 radical (unpaired) electrons. The van der Waals surface area contributed by atoms with Crippen molar-refractivity contribution in [2.75, 3.05) is 0 Å². The fraction of sp³-hybridized carbons (Fsp3) is 0.100. The zero-order chi connectivity index (χ0) is 11.1. The molecule has 1 heterocycles. The van der Waals surface area contributed by atoms with Gasteiger partial charge in [-0.25, -0.2) is 4.39 Å². The quantitative estimate of drug-likeness (QED) is 0.614. The summed E-state index contributed by atoms with van der Waals surface area (Å²) in [6, 6.07) is 4.18. The third-order valence-electron chi connectivity index (χ3n) is 1.99. The Morgan fingerprint density at radius 3 is 2.53 bits per heavy atom. The van der Waals surface area contributed by atoms with Gasteiger partial charge in [-0.2, -0.15) is 13.2 Å². The van der Waals surface area contributed by atoms with E-state index >= 15 is 0 Å². The summed E-state index contributed by atoms with van der Waals surface area (Å²) in [5, 5.41) is 0.143. The molecule has 0 N–H and O–H groups in total. The summed E-state index contributed by atoms with van der Waals surface area (Å²) in [7, 11) is 0. The Morgan fingerprint density at radius 1 is 1.13 bits per heavy atom. The van der Waals surface area contributed by atoms with E-state index in [4.69, 9.17) is 0 Å². The molecular formula is C10H5F4N. The average Bonchev–Trinajstić information content (AvgIpc) is 2.16. The van der Waals surface area contributed by atoms with Crippen molar-refractivity contribution in [1.29, 1.82) is 0 Å². The van der Waals surface area contributed by atoms with Crippen molar-refractivity contribution in [3.05, 3.63) is 41.8 Å². The van der Waals surface area contributed by atoms with E-state index < -0.39 is 17.6 Å². The van der Waals surface area contributed by atoms with Gasteiger partial charge in [0.05, 0.1) is 5.56 Å². The Hall–Kier alpha value is -1.65. The van der Waals surface area contributed by atoms with Crippen LogP contribution in [0.1, 0.15) is 5.56 Å². The maximum Gasteiger partial charge on any atom is 0.416 e. The first kappa shape index (κ1) is 9.89. The molecule has 78 valence electrons. The number of hydrogen-bond donors (Lipinski definition) is 0. The number of halogens is 4. The van der Waals surface area contributed by atoms with Gasteiger partial charge in [0.2, 0.25) is 0 Å². The fourth-order valence-corrected chi connectivity index (χ4v) is 1.31. The van der Waals surface area contributed by atoms with Gasteiger partial charge in [0.25, 0.3) is 0 Å². The highest BCUT2D eigenvalue weighted by atomic mass is 19.4. The standard InChI is InChI=1S/C10H5F4N/c11-8-5-7(10(12,13)14)4-6-2-1-3-15-9(6)8/h1-5H. The second-order valence-electron chi connectivity index (χ2n) is 3.03. The number of fused-ring (bicyclic) bond motifs is 1. The lowest BCUT2D eigenvalue weighted by Crippen LogP contribution is -2.05. The molecule has 0 bridgehead atoms. The van der Waals surface area contributed by atoms with Crippen LogP contribution >= 0.6 is 0 Å². The molecule has 2 rings (SSSR count). The topological polar surface area (TPSA) is 12.9 Å². The van der Waals surface area contributed by atoms with Crippen LogP contribution in [-0.2, 0) is 6.18 Å². The van der Waals surface area contributed by atoms with E-state index in [2.05, 4.69) is 4.98 Å². The van der Waals surface area contributed by atoms with Crippen molar-refractivity contribution < 1.29 is 17.6 Å². The Morgan fingerprint density at radius 2 is 1.87 bits per heavy atom. The van der Waals surface area contributed by atoms with Crippen LogP contribution in [0.15, 0.2) is 30.5 Å². The largest absolute Gasteiger partial charge is 0.416 e. The van der Waals surface area contributed by atoms with Crippen LogP contribution in [-0.4, -0.2) is 4.98 Å². The predicted octanol–water partition coefficient (Wildman–Crippen LogP) is 3.39. The van der Waals surface area contributed by atoms with Crippen molar-refractivity contribution >= 4 is 10.9 Å². The molecule has 1 aromatic heterocycles. The molecule has 1 nitrogen and oxygen atoms in total. The molecular weight excluding hydrogens is 210 g/mol. The van der Waals surface area contributed by atoms with Crippen LogP contribution in [0, 0.1) is 5.82 Å². The van der Waals surface area contributed by atoms with Gasteiger partial charge in [0, 0.05) is 11.6 Å². The normalized spacial score (nSPS) is 12.0. The maximum absolute atomic E-state index is 13.2. The van der Waals surface area contributed by atoms with Crippen molar-refractivity contribution in [2.24, 2.45) is 0 Å². The van der Waals surface area contributed by atoms with Crippen molar-refractivity contribution in [2.45, 2.75) is 6.18 Å². The van der Waals surface area contributed by atoms with E-state index in [1.54, 1.807) is 0 Å². The third kappa shape index (κ3) is 1.77. The maximum atomic E-state index is 13.2. The molecule has 0 saturated heterocycles. The Kier molecular flexibility index (Phi) is 2.10. The lowest BCUT2D eigenvalue weighted by molar-refractivity contribution is -0.137. The van der Waals surface area contributed by atoms with Crippen LogP contribution in [0.4, 0.5) is 17.6 Å². The molecule has 0 spiro atoms. The minimum Gasteiger partial charge on any atom is -0.253 e. The van der Waals surface area contributed by atoms with Gasteiger partial charge in [-0.05, 0) is 18.2 Å². The van der Waals surface area contributed by atoms with Crippen LogP contribution in [0.25, 0.3) is 10.9 Å². The Balaban J connectivity index is 2.73. The fourth-order valence-electron chi connectivity index (χ4n) is 1.31. The summed E-state index contributed by atoms with van der Waals surface area (Å²) in [4.78, 5) is 3.66. The zero-order valence-corrected chi connectivity index (χ0v) is 7.35. The van der Waals surface area contributed by atoms with Crippen LogP contribution < -0.4 is 0 Å². The van der Waals surface area contributed by atoms with Gasteiger partial charge in [0.15, 0.2) is 0 Å². The molecule has 0 unspecified atom stereocenters. The molecule has 5 heteroatoms. The summed E-state index contributed by atoms with van der Waals surface area (Å²) in [6.07, 6.45) is -3.20. The molecule has 0 fully saturated rings. The summed E-state index contributed by atoms with van der Waals surface area (Å²) < 4.78 is 50.1. The van der Waals surface area contributed by atoms with Gasteiger partial charge in [-0.3, -0.25) is 4.98 Å². The Bertz CT molecular complexity index is 504. The highest BCUT2D eigenvalue weighted by Crippen LogP contribution is 2.32. The van der Waals surface area contributed by atoms with Crippen LogP contribution in [0.3, 0.4) is 0 Å². The predicted molar refractivity (Wildman–Crippen MR) is 46.7 cm³/mol.